The SMILES string of the molecule is CC(Nc1cc(NN)nc(N)n1)c1cccc(Br)c1. The molecule has 1 unspecified atom stereocenters. The third kappa shape index (κ3) is 3.55. The lowest BCUT2D eigenvalue weighted by Gasteiger charge is -2.16. The summed E-state index contributed by atoms with van der Waals surface area (Å²) >= 11 is 3.45. The van der Waals surface area contributed by atoms with Gasteiger partial charge in [-0.05, 0) is 24.6 Å². The lowest BCUT2D eigenvalue weighted by atomic mass is 10.1. The average molecular weight is 323 g/mol. The van der Waals surface area contributed by atoms with Crippen molar-refractivity contribution in [1.29, 1.82) is 0 Å². The fraction of sp³-hybridized carbons (Fsp3) is 0.167. The van der Waals surface area contributed by atoms with Gasteiger partial charge in [-0.25, -0.2) is 5.84 Å². The Morgan fingerprint density at radius 1 is 1.21 bits per heavy atom. The van der Waals surface area contributed by atoms with Gasteiger partial charge < -0.3 is 16.5 Å². The highest BCUT2D eigenvalue weighted by Crippen LogP contribution is 2.22. The highest BCUT2D eigenvalue weighted by molar-refractivity contribution is 9.10. The van der Waals surface area contributed by atoms with Crippen molar-refractivity contribution in [1.82, 2.24) is 9.97 Å². The van der Waals surface area contributed by atoms with Gasteiger partial charge in [0.2, 0.25) is 5.95 Å². The minimum absolute atomic E-state index is 0.0809. The second-order valence-corrected chi connectivity index (χ2v) is 4.98. The highest BCUT2D eigenvalue weighted by atomic mass is 79.9. The zero-order valence-electron chi connectivity index (χ0n) is 10.4. The molecule has 0 bridgehead atoms. The molecular formula is C12H15BrN6. The van der Waals surface area contributed by atoms with Gasteiger partial charge in [-0.15, -0.1) is 0 Å². The van der Waals surface area contributed by atoms with Gasteiger partial charge in [0.1, 0.15) is 11.6 Å². The van der Waals surface area contributed by atoms with E-state index in [-0.39, 0.29) is 12.0 Å². The maximum Gasteiger partial charge on any atom is 0.223 e. The lowest BCUT2D eigenvalue weighted by Crippen LogP contribution is -2.13. The van der Waals surface area contributed by atoms with Gasteiger partial charge in [0.15, 0.2) is 0 Å². The molecule has 0 saturated carbocycles. The first-order valence-corrected chi connectivity index (χ1v) is 6.51. The molecule has 7 heteroatoms. The lowest BCUT2D eigenvalue weighted by molar-refractivity contribution is 0.872. The molecule has 0 amide bonds. The molecule has 2 rings (SSSR count). The first-order chi connectivity index (χ1) is 9.08. The Hall–Kier alpha value is -1.86. The maximum absolute atomic E-state index is 5.61. The van der Waals surface area contributed by atoms with E-state index in [1.54, 1.807) is 6.07 Å². The molecule has 19 heavy (non-hydrogen) atoms. The van der Waals surface area contributed by atoms with Gasteiger partial charge >= 0.3 is 0 Å². The third-order valence-electron chi connectivity index (χ3n) is 2.60. The second kappa shape index (κ2) is 5.85. The molecule has 0 aliphatic rings. The Balaban J connectivity index is 2.18. The molecule has 1 atom stereocenters. The van der Waals surface area contributed by atoms with Crippen molar-refractivity contribution in [2.24, 2.45) is 5.84 Å². The molecule has 1 heterocycles. The molecule has 2 aromatic rings. The Kier molecular flexibility index (Phi) is 4.18. The van der Waals surface area contributed by atoms with Crippen LogP contribution in [0, 0.1) is 0 Å². The van der Waals surface area contributed by atoms with E-state index in [1.165, 1.54) is 0 Å². The van der Waals surface area contributed by atoms with Gasteiger partial charge in [-0.3, -0.25) is 0 Å². The molecule has 6 N–H and O–H groups in total. The topological polar surface area (TPSA) is 102 Å². The number of hydrazine groups is 1. The zero-order chi connectivity index (χ0) is 13.8. The fourth-order valence-corrected chi connectivity index (χ4v) is 2.11. The number of benzene rings is 1. The van der Waals surface area contributed by atoms with Crippen LogP contribution in [0.1, 0.15) is 18.5 Å². The Bertz CT molecular complexity index is 574. The number of nitrogens with two attached hydrogens (primary N) is 2. The van der Waals surface area contributed by atoms with E-state index in [1.807, 2.05) is 31.2 Å². The first kappa shape index (κ1) is 13.6. The van der Waals surface area contributed by atoms with Crippen LogP contribution in [-0.2, 0) is 0 Å². The molecule has 1 aromatic heterocycles. The molecule has 0 saturated heterocycles. The highest BCUT2D eigenvalue weighted by Gasteiger charge is 2.08. The van der Waals surface area contributed by atoms with Crippen LogP contribution in [0.4, 0.5) is 17.6 Å². The molecule has 0 radical (unpaired) electrons. The van der Waals surface area contributed by atoms with Gasteiger partial charge in [0, 0.05) is 16.6 Å². The largest absolute Gasteiger partial charge is 0.368 e. The summed E-state index contributed by atoms with van der Waals surface area (Å²) in [5.41, 5.74) is 9.19. The number of hydrogen-bond acceptors (Lipinski definition) is 6. The average Bonchev–Trinajstić information content (AvgIpc) is 2.38. The van der Waals surface area contributed by atoms with Crippen LogP contribution in [0.3, 0.4) is 0 Å². The predicted molar refractivity (Wildman–Crippen MR) is 80.4 cm³/mol. The van der Waals surface area contributed by atoms with Crippen LogP contribution < -0.4 is 22.3 Å². The molecule has 0 aliphatic heterocycles. The number of anilines is 3. The first-order valence-electron chi connectivity index (χ1n) is 5.71. The van der Waals surface area contributed by atoms with E-state index in [9.17, 15) is 0 Å². The number of hydrogen-bond donors (Lipinski definition) is 4. The van der Waals surface area contributed by atoms with Crippen molar-refractivity contribution in [2.75, 3.05) is 16.5 Å². The van der Waals surface area contributed by atoms with E-state index in [4.69, 9.17) is 11.6 Å². The summed E-state index contributed by atoms with van der Waals surface area (Å²) in [6, 6.07) is 9.83. The van der Waals surface area contributed by atoms with E-state index in [0.29, 0.717) is 11.6 Å². The van der Waals surface area contributed by atoms with Crippen molar-refractivity contribution in [3.8, 4) is 0 Å². The quantitative estimate of drug-likeness (QED) is 0.509. The second-order valence-electron chi connectivity index (χ2n) is 4.06. The Morgan fingerprint density at radius 3 is 2.63 bits per heavy atom. The van der Waals surface area contributed by atoms with Gasteiger partial charge in [0.25, 0.3) is 0 Å². The normalized spacial score (nSPS) is 11.9. The summed E-state index contributed by atoms with van der Waals surface area (Å²) in [6.07, 6.45) is 0. The molecule has 6 nitrogen and oxygen atoms in total. The number of nitrogens with one attached hydrogen (secondary N) is 2. The minimum atomic E-state index is 0.0809. The van der Waals surface area contributed by atoms with Crippen molar-refractivity contribution < 1.29 is 0 Å². The smallest absolute Gasteiger partial charge is 0.223 e. The van der Waals surface area contributed by atoms with Crippen LogP contribution in [-0.4, -0.2) is 9.97 Å². The van der Waals surface area contributed by atoms with Gasteiger partial charge in [-0.2, -0.15) is 9.97 Å². The number of aromatic nitrogens is 2. The Labute approximate surface area is 119 Å². The van der Waals surface area contributed by atoms with E-state index in [0.717, 1.165) is 10.0 Å². The summed E-state index contributed by atoms with van der Waals surface area (Å²) in [7, 11) is 0. The third-order valence-corrected chi connectivity index (χ3v) is 3.10. The van der Waals surface area contributed by atoms with Crippen molar-refractivity contribution >= 4 is 33.5 Å². The summed E-state index contributed by atoms with van der Waals surface area (Å²) in [4.78, 5) is 8.05. The summed E-state index contributed by atoms with van der Waals surface area (Å²) in [5.74, 6) is 6.57. The maximum atomic E-state index is 5.61. The molecule has 1 aromatic carbocycles. The van der Waals surface area contributed by atoms with Crippen LogP contribution in [0.5, 0.6) is 0 Å². The molecule has 0 fully saturated rings. The number of halogens is 1. The van der Waals surface area contributed by atoms with Crippen molar-refractivity contribution in [3.05, 3.63) is 40.4 Å². The number of nitrogen functional groups attached to an aromatic ring is 2. The fourth-order valence-electron chi connectivity index (χ4n) is 1.69. The van der Waals surface area contributed by atoms with E-state index >= 15 is 0 Å². The monoisotopic (exact) mass is 322 g/mol. The van der Waals surface area contributed by atoms with Crippen LogP contribution >= 0.6 is 15.9 Å². The number of nitrogens with zero attached hydrogens (tertiary/aromatic N) is 2. The van der Waals surface area contributed by atoms with E-state index in [2.05, 4.69) is 36.6 Å². The molecule has 100 valence electrons. The standard InChI is InChI=1S/C12H15BrN6/c1-7(8-3-2-4-9(13)5-8)16-10-6-11(19-15)18-12(14)17-10/h2-7H,15H2,1H3,(H4,14,16,17,18,19). The van der Waals surface area contributed by atoms with Crippen LogP contribution in [0.15, 0.2) is 34.8 Å². The predicted octanol–water partition coefficient (Wildman–Crippen LogP) is 2.28. The van der Waals surface area contributed by atoms with Crippen LogP contribution in [0.25, 0.3) is 0 Å². The summed E-state index contributed by atoms with van der Waals surface area (Å²) in [5, 5.41) is 3.25. The molecule has 0 spiro atoms. The summed E-state index contributed by atoms with van der Waals surface area (Å²) < 4.78 is 1.03. The van der Waals surface area contributed by atoms with Crippen molar-refractivity contribution in [3.63, 3.8) is 0 Å². The molecular weight excluding hydrogens is 308 g/mol. The van der Waals surface area contributed by atoms with Gasteiger partial charge in [0.05, 0.1) is 0 Å². The van der Waals surface area contributed by atoms with Crippen molar-refractivity contribution in [2.45, 2.75) is 13.0 Å². The minimum Gasteiger partial charge on any atom is -0.368 e. The van der Waals surface area contributed by atoms with Gasteiger partial charge in [-0.1, -0.05) is 28.1 Å². The van der Waals surface area contributed by atoms with E-state index < -0.39 is 0 Å². The summed E-state index contributed by atoms with van der Waals surface area (Å²) in [6.45, 7) is 2.04. The zero-order valence-corrected chi connectivity index (χ0v) is 12.0. The van der Waals surface area contributed by atoms with Crippen LogP contribution in [0.2, 0.25) is 0 Å². The Morgan fingerprint density at radius 2 is 1.95 bits per heavy atom. The molecule has 0 aliphatic carbocycles. The number of rotatable bonds is 4.